The van der Waals surface area contributed by atoms with Gasteiger partial charge in [-0.25, -0.2) is 0 Å². The van der Waals surface area contributed by atoms with Crippen LogP contribution in [-0.2, 0) is 0 Å². The molecule has 0 unspecified atom stereocenters. The maximum atomic E-state index is 11.5. The quantitative estimate of drug-likeness (QED) is 0.672. The van der Waals surface area contributed by atoms with Gasteiger partial charge in [-0.05, 0) is 17.5 Å². The lowest BCUT2D eigenvalue weighted by molar-refractivity contribution is 0.171. The molecule has 0 amide bonds. The smallest absolute Gasteiger partial charge is 0.259 e. The van der Waals surface area contributed by atoms with Crippen LogP contribution in [0.15, 0.2) is 23.1 Å². The lowest BCUT2D eigenvalue weighted by Crippen LogP contribution is -2.04. The third-order valence-electron chi connectivity index (χ3n) is 2.37. The van der Waals surface area contributed by atoms with Crippen LogP contribution in [0.3, 0.4) is 0 Å². The highest BCUT2D eigenvalue weighted by atomic mass is 16.7. The van der Waals surface area contributed by atoms with E-state index in [-0.39, 0.29) is 29.2 Å². The summed E-state index contributed by atoms with van der Waals surface area (Å²) in [5.41, 5.74) is -0.344. The highest BCUT2D eigenvalue weighted by molar-refractivity contribution is 5.92. The van der Waals surface area contributed by atoms with E-state index in [1.54, 1.807) is 12.1 Å². The molecule has 0 radical (unpaired) electrons. The van der Waals surface area contributed by atoms with E-state index in [2.05, 4.69) is 4.98 Å². The van der Waals surface area contributed by atoms with Crippen molar-refractivity contribution in [2.45, 2.75) is 0 Å². The number of pyridine rings is 1. The molecule has 5 heteroatoms. The lowest BCUT2D eigenvalue weighted by atomic mass is 10.1. The van der Waals surface area contributed by atoms with E-state index in [4.69, 9.17) is 9.47 Å². The Kier molecular flexibility index (Phi) is 1.45. The van der Waals surface area contributed by atoms with Crippen molar-refractivity contribution < 1.29 is 14.6 Å². The number of phenols is 1. The highest BCUT2D eigenvalue weighted by Crippen LogP contribution is 2.43. The first kappa shape index (κ1) is 8.16. The second-order valence-corrected chi connectivity index (χ2v) is 3.23. The molecule has 2 N–H and O–H groups in total. The first-order valence-electron chi connectivity index (χ1n) is 4.40. The molecule has 1 aliphatic heterocycles. The highest BCUT2D eigenvalue weighted by Gasteiger charge is 2.21. The maximum Gasteiger partial charge on any atom is 0.259 e. The van der Waals surface area contributed by atoms with E-state index in [0.717, 1.165) is 0 Å². The van der Waals surface area contributed by atoms with E-state index in [1.807, 2.05) is 0 Å². The first-order valence-corrected chi connectivity index (χ1v) is 4.40. The Hall–Kier alpha value is -2.17. The number of aromatic hydroxyl groups is 1. The van der Waals surface area contributed by atoms with Gasteiger partial charge < -0.3 is 19.6 Å². The average molecular weight is 205 g/mol. The van der Waals surface area contributed by atoms with Crippen molar-refractivity contribution in [3.63, 3.8) is 0 Å². The number of aromatic amines is 1. The monoisotopic (exact) mass is 205 g/mol. The Morgan fingerprint density at radius 1 is 1.40 bits per heavy atom. The number of phenolic OH excluding ortho intramolecular Hbond substituents is 1. The third kappa shape index (κ3) is 0.999. The number of ether oxygens (including phenoxy) is 2. The second kappa shape index (κ2) is 2.66. The molecule has 0 spiro atoms. The topological polar surface area (TPSA) is 71.6 Å². The average Bonchev–Trinajstić information content (AvgIpc) is 2.66. The molecule has 76 valence electrons. The maximum absolute atomic E-state index is 11.5. The summed E-state index contributed by atoms with van der Waals surface area (Å²) in [6, 6.07) is 3.37. The van der Waals surface area contributed by atoms with Crippen LogP contribution in [0.2, 0.25) is 0 Å². The lowest BCUT2D eigenvalue weighted by Gasteiger charge is -2.03. The summed E-state index contributed by atoms with van der Waals surface area (Å²) in [6.45, 7) is 0.0666. The second-order valence-electron chi connectivity index (χ2n) is 3.23. The van der Waals surface area contributed by atoms with Crippen molar-refractivity contribution in [3.8, 4) is 17.2 Å². The summed E-state index contributed by atoms with van der Waals surface area (Å²) < 4.78 is 10.2. The van der Waals surface area contributed by atoms with Crippen molar-refractivity contribution >= 4 is 10.8 Å². The summed E-state index contributed by atoms with van der Waals surface area (Å²) in [5.74, 6) is 0.534. The normalized spacial score (nSPS) is 13.3. The van der Waals surface area contributed by atoms with Crippen LogP contribution >= 0.6 is 0 Å². The van der Waals surface area contributed by atoms with Crippen LogP contribution in [0.4, 0.5) is 0 Å². The van der Waals surface area contributed by atoms with E-state index < -0.39 is 0 Å². The van der Waals surface area contributed by atoms with Gasteiger partial charge in [0.05, 0.1) is 5.39 Å². The van der Waals surface area contributed by atoms with E-state index >= 15 is 0 Å². The van der Waals surface area contributed by atoms with Crippen LogP contribution in [0.1, 0.15) is 0 Å². The fourth-order valence-corrected chi connectivity index (χ4v) is 1.69. The summed E-state index contributed by atoms with van der Waals surface area (Å²) >= 11 is 0. The Morgan fingerprint density at radius 2 is 2.27 bits per heavy atom. The molecule has 2 aromatic rings. The Labute approximate surface area is 83.9 Å². The molecule has 0 aliphatic carbocycles. The minimum absolute atomic E-state index is 0.0666. The van der Waals surface area contributed by atoms with Crippen LogP contribution < -0.4 is 15.0 Å². The van der Waals surface area contributed by atoms with E-state index in [1.165, 1.54) is 6.20 Å². The summed E-state index contributed by atoms with van der Waals surface area (Å²) in [7, 11) is 0. The Balaban J connectivity index is 2.53. The largest absolute Gasteiger partial charge is 0.504 e. The van der Waals surface area contributed by atoms with Crippen LogP contribution in [-0.4, -0.2) is 16.9 Å². The number of rotatable bonds is 0. The van der Waals surface area contributed by atoms with Crippen molar-refractivity contribution in [1.82, 2.24) is 4.98 Å². The number of fused-ring (bicyclic) bond motifs is 2. The van der Waals surface area contributed by atoms with Gasteiger partial charge in [0.25, 0.3) is 5.56 Å². The Bertz CT molecular complexity index is 602. The van der Waals surface area contributed by atoms with Crippen molar-refractivity contribution in [2.24, 2.45) is 0 Å². The minimum Gasteiger partial charge on any atom is -0.504 e. The van der Waals surface area contributed by atoms with Gasteiger partial charge in [-0.1, -0.05) is 0 Å². The minimum atomic E-state index is -0.344. The molecule has 1 aromatic heterocycles. The first-order chi connectivity index (χ1) is 7.27. The van der Waals surface area contributed by atoms with Crippen molar-refractivity contribution in [2.75, 3.05) is 6.79 Å². The predicted molar refractivity (Wildman–Crippen MR) is 52.4 cm³/mol. The van der Waals surface area contributed by atoms with Crippen LogP contribution in [0, 0.1) is 0 Å². The molecule has 2 heterocycles. The zero-order valence-electron chi connectivity index (χ0n) is 7.61. The van der Waals surface area contributed by atoms with Gasteiger partial charge in [0.15, 0.2) is 11.5 Å². The zero-order chi connectivity index (χ0) is 10.4. The fourth-order valence-electron chi connectivity index (χ4n) is 1.69. The predicted octanol–water partition coefficient (Wildman–Crippen LogP) is 0.962. The van der Waals surface area contributed by atoms with Gasteiger partial charge in [-0.3, -0.25) is 4.79 Å². The molecule has 0 saturated heterocycles. The van der Waals surface area contributed by atoms with Crippen molar-refractivity contribution in [1.29, 1.82) is 0 Å². The van der Waals surface area contributed by atoms with Gasteiger partial charge in [0.1, 0.15) is 0 Å². The molecule has 3 rings (SSSR count). The fraction of sp³-hybridized carbons (Fsp3) is 0.100. The van der Waals surface area contributed by atoms with E-state index in [9.17, 15) is 9.90 Å². The third-order valence-corrected chi connectivity index (χ3v) is 2.37. The van der Waals surface area contributed by atoms with Gasteiger partial charge >= 0.3 is 0 Å². The van der Waals surface area contributed by atoms with Gasteiger partial charge in [-0.2, -0.15) is 0 Å². The van der Waals surface area contributed by atoms with Crippen molar-refractivity contribution in [3.05, 3.63) is 28.7 Å². The summed E-state index contributed by atoms with van der Waals surface area (Å²) in [4.78, 5) is 14.0. The molecule has 5 nitrogen and oxygen atoms in total. The molecular formula is C10H7NO4. The number of aromatic nitrogens is 1. The summed E-state index contributed by atoms with van der Waals surface area (Å²) in [6.07, 6.45) is 1.52. The van der Waals surface area contributed by atoms with Gasteiger partial charge in [-0.15, -0.1) is 0 Å². The number of hydrogen-bond donors (Lipinski definition) is 2. The molecule has 0 fully saturated rings. The number of benzene rings is 1. The molecule has 1 aliphatic rings. The number of nitrogens with one attached hydrogen (secondary N) is 1. The molecule has 0 atom stereocenters. The zero-order valence-corrected chi connectivity index (χ0v) is 7.61. The van der Waals surface area contributed by atoms with Gasteiger partial charge in [0.2, 0.25) is 12.5 Å². The van der Waals surface area contributed by atoms with E-state index in [0.29, 0.717) is 11.1 Å². The summed E-state index contributed by atoms with van der Waals surface area (Å²) in [5, 5.41) is 10.7. The Morgan fingerprint density at radius 3 is 3.13 bits per heavy atom. The molecule has 1 aromatic carbocycles. The molecular weight excluding hydrogens is 198 g/mol. The molecule has 15 heavy (non-hydrogen) atoms. The SMILES string of the molecule is O=c1[nH]ccc2cc3c(c(O)c12)OCO3. The van der Waals surface area contributed by atoms with Crippen LogP contribution in [0.25, 0.3) is 10.8 Å². The van der Waals surface area contributed by atoms with Crippen LogP contribution in [0.5, 0.6) is 17.2 Å². The number of H-pyrrole nitrogens is 1. The number of hydrogen-bond acceptors (Lipinski definition) is 4. The standard InChI is InChI=1S/C10H7NO4/c12-8-7-5(1-2-11-10(7)13)3-6-9(8)15-4-14-6/h1-3,12H,4H2,(H,11,13). The molecule has 0 saturated carbocycles. The molecule has 0 bridgehead atoms. The van der Waals surface area contributed by atoms with Gasteiger partial charge in [0, 0.05) is 6.20 Å².